The molecule has 0 spiro atoms. The van der Waals surface area contributed by atoms with Crippen LogP contribution in [0.3, 0.4) is 0 Å². The van der Waals surface area contributed by atoms with Gasteiger partial charge in [0.25, 0.3) is 0 Å². The Hall–Kier alpha value is -0.810. The van der Waals surface area contributed by atoms with Crippen molar-refractivity contribution >= 4 is 30.8 Å². The molecular formula is C22H36Cl2N2O2. The van der Waals surface area contributed by atoms with Gasteiger partial charge < -0.3 is 10.4 Å². The van der Waals surface area contributed by atoms with Gasteiger partial charge >= 0.3 is 5.97 Å². The first kappa shape index (κ1) is 25.2. The van der Waals surface area contributed by atoms with E-state index in [2.05, 4.69) is 41.5 Å². The second kappa shape index (κ2) is 12.7. The predicted molar refractivity (Wildman–Crippen MR) is 120 cm³/mol. The zero-order chi connectivity index (χ0) is 18.4. The molecule has 2 fully saturated rings. The molecule has 3 rings (SSSR count). The first-order valence-electron chi connectivity index (χ1n) is 10.3. The van der Waals surface area contributed by atoms with E-state index >= 15 is 0 Å². The van der Waals surface area contributed by atoms with Gasteiger partial charge in [-0.1, -0.05) is 24.3 Å². The summed E-state index contributed by atoms with van der Waals surface area (Å²) in [6, 6.07) is 9.93. The molecule has 0 unspecified atom stereocenters. The highest BCUT2D eigenvalue weighted by Crippen LogP contribution is 2.31. The van der Waals surface area contributed by atoms with E-state index in [1.54, 1.807) is 0 Å². The van der Waals surface area contributed by atoms with Gasteiger partial charge in [0.05, 0.1) is 0 Å². The van der Waals surface area contributed by atoms with Crippen molar-refractivity contribution in [3.8, 4) is 0 Å². The molecule has 6 heteroatoms. The molecule has 1 saturated heterocycles. The van der Waals surface area contributed by atoms with Crippen LogP contribution in [0, 0.1) is 5.92 Å². The van der Waals surface area contributed by atoms with Crippen molar-refractivity contribution < 1.29 is 9.90 Å². The Kier molecular flexibility index (Phi) is 11.4. The van der Waals surface area contributed by atoms with Crippen molar-refractivity contribution in [3.05, 3.63) is 35.4 Å². The molecule has 1 aromatic rings. The molecule has 4 nitrogen and oxygen atoms in total. The Morgan fingerprint density at radius 3 is 2.21 bits per heavy atom. The molecule has 160 valence electrons. The van der Waals surface area contributed by atoms with Gasteiger partial charge in [-0.2, -0.15) is 0 Å². The number of aliphatic carboxylic acids is 1. The van der Waals surface area contributed by atoms with E-state index in [0.29, 0.717) is 18.4 Å². The van der Waals surface area contributed by atoms with E-state index in [1.165, 1.54) is 49.7 Å². The molecule has 2 N–H and O–H groups in total. The number of halogens is 2. The number of carboxylic acids is 1. The van der Waals surface area contributed by atoms with Crippen LogP contribution in [0.2, 0.25) is 0 Å². The SMILES string of the molecule is CN(Cc1ccc(C2CCNCC2)cc1)C1CCC(CCC(=O)O)CC1.Cl.Cl. The molecule has 0 atom stereocenters. The van der Waals surface area contributed by atoms with Gasteiger partial charge in [-0.05, 0) is 88.0 Å². The highest BCUT2D eigenvalue weighted by atomic mass is 35.5. The second-order valence-electron chi connectivity index (χ2n) is 8.29. The molecule has 1 aliphatic carbocycles. The molecule has 1 aliphatic heterocycles. The fourth-order valence-electron chi connectivity index (χ4n) is 4.67. The number of piperidine rings is 1. The van der Waals surface area contributed by atoms with Crippen LogP contribution < -0.4 is 5.32 Å². The van der Waals surface area contributed by atoms with Crippen LogP contribution in [0.4, 0.5) is 0 Å². The summed E-state index contributed by atoms with van der Waals surface area (Å²) in [6.07, 6.45) is 8.45. The highest BCUT2D eigenvalue weighted by molar-refractivity contribution is 5.85. The first-order valence-corrected chi connectivity index (χ1v) is 10.3. The second-order valence-corrected chi connectivity index (χ2v) is 8.29. The summed E-state index contributed by atoms with van der Waals surface area (Å²) in [5.74, 6) is 0.682. The first-order chi connectivity index (χ1) is 12.6. The molecule has 1 aromatic carbocycles. The van der Waals surface area contributed by atoms with Gasteiger partial charge in [0.2, 0.25) is 0 Å². The third-order valence-electron chi connectivity index (χ3n) is 6.43. The zero-order valence-electron chi connectivity index (χ0n) is 16.9. The van der Waals surface area contributed by atoms with Crippen LogP contribution in [-0.4, -0.2) is 42.2 Å². The van der Waals surface area contributed by atoms with Gasteiger partial charge in [0.1, 0.15) is 0 Å². The van der Waals surface area contributed by atoms with Crippen LogP contribution in [0.15, 0.2) is 24.3 Å². The predicted octanol–water partition coefficient (Wildman–Crippen LogP) is 4.85. The average Bonchev–Trinajstić information content (AvgIpc) is 2.68. The lowest BCUT2D eigenvalue weighted by Gasteiger charge is -2.34. The maximum atomic E-state index is 10.7. The summed E-state index contributed by atoms with van der Waals surface area (Å²) in [6.45, 7) is 3.30. The molecule has 0 radical (unpaired) electrons. The van der Waals surface area contributed by atoms with Gasteiger partial charge in [0.15, 0.2) is 0 Å². The minimum Gasteiger partial charge on any atom is -0.481 e. The van der Waals surface area contributed by atoms with Crippen molar-refractivity contribution in [2.75, 3.05) is 20.1 Å². The topological polar surface area (TPSA) is 52.6 Å². The summed E-state index contributed by atoms with van der Waals surface area (Å²) in [5.41, 5.74) is 2.90. The van der Waals surface area contributed by atoms with Crippen LogP contribution >= 0.6 is 24.8 Å². The molecule has 28 heavy (non-hydrogen) atoms. The van der Waals surface area contributed by atoms with Crippen molar-refractivity contribution in [2.45, 2.75) is 69.9 Å². The van der Waals surface area contributed by atoms with E-state index in [-0.39, 0.29) is 24.8 Å². The van der Waals surface area contributed by atoms with Crippen LogP contribution in [-0.2, 0) is 11.3 Å². The maximum Gasteiger partial charge on any atom is 0.303 e. The third-order valence-corrected chi connectivity index (χ3v) is 6.43. The average molecular weight is 431 g/mol. The summed E-state index contributed by atoms with van der Waals surface area (Å²) in [7, 11) is 2.24. The van der Waals surface area contributed by atoms with E-state index in [0.717, 1.165) is 32.0 Å². The molecule has 2 aliphatic rings. The van der Waals surface area contributed by atoms with E-state index in [1.807, 2.05) is 0 Å². The summed E-state index contributed by atoms with van der Waals surface area (Å²) >= 11 is 0. The number of rotatable bonds is 7. The monoisotopic (exact) mass is 430 g/mol. The van der Waals surface area contributed by atoms with Crippen molar-refractivity contribution in [3.63, 3.8) is 0 Å². The summed E-state index contributed by atoms with van der Waals surface area (Å²) < 4.78 is 0. The van der Waals surface area contributed by atoms with E-state index in [4.69, 9.17) is 5.11 Å². The van der Waals surface area contributed by atoms with E-state index in [9.17, 15) is 4.79 Å². The summed E-state index contributed by atoms with van der Waals surface area (Å²) in [5, 5.41) is 12.3. The van der Waals surface area contributed by atoms with Gasteiger partial charge in [-0.25, -0.2) is 0 Å². The number of carboxylic acid groups (broad SMARTS) is 1. The Morgan fingerprint density at radius 2 is 1.64 bits per heavy atom. The number of carbonyl (C=O) groups is 1. The maximum absolute atomic E-state index is 10.7. The lowest BCUT2D eigenvalue weighted by Crippen LogP contribution is -2.34. The Bertz CT molecular complexity index is 568. The van der Waals surface area contributed by atoms with Crippen molar-refractivity contribution in [1.82, 2.24) is 10.2 Å². The Labute approximate surface area is 182 Å². The minimum atomic E-state index is -0.655. The number of hydrogen-bond acceptors (Lipinski definition) is 3. The molecule has 0 bridgehead atoms. The van der Waals surface area contributed by atoms with Gasteiger partial charge in [0, 0.05) is 19.0 Å². The normalized spacial score (nSPS) is 22.9. The quantitative estimate of drug-likeness (QED) is 0.648. The summed E-state index contributed by atoms with van der Waals surface area (Å²) in [4.78, 5) is 13.2. The van der Waals surface area contributed by atoms with E-state index < -0.39 is 5.97 Å². The lowest BCUT2D eigenvalue weighted by atomic mass is 9.83. The molecule has 1 heterocycles. The number of hydrogen-bond donors (Lipinski definition) is 2. The largest absolute Gasteiger partial charge is 0.481 e. The lowest BCUT2D eigenvalue weighted by molar-refractivity contribution is -0.137. The van der Waals surface area contributed by atoms with Gasteiger partial charge in [-0.15, -0.1) is 24.8 Å². The minimum absolute atomic E-state index is 0. The smallest absolute Gasteiger partial charge is 0.303 e. The van der Waals surface area contributed by atoms with Crippen molar-refractivity contribution in [2.24, 2.45) is 5.92 Å². The Morgan fingerprint density at radius 1 is 1.04 bits per heavy atom. The molecule has 1 saturated carbocycles. The van der Waals surface area contributed by atoms with Crippen LogP contribution in [0.1, 0.15) is 68.4 Å². The van der Waals surface area contributed by atoms with Crippen LogP contribution in [0.5, 0.6) is 0 Å². The third kappa shape index (κ3) is 7.55. The molecular weight excluding hydrogens is 395 g/mol. The van der Waals surface area contributed by atoms with Gasteiger partial charge in [-0.3, -0.25) is 9.69 Å². The molecule has 0 aromatic heterocycles. The number of nitrogens with zero attached hydrogens (tertiary/aromatic N) is 1. The van der Waals surface area contributed by atoms with Crippen molar-refractivity contribution in [1.29, 1.82) is 0 Å². The fraction of sp³-hybridized carbons (Fsp3) is 0.682. The highest BCUT2D eigenvalue weighted by Gasteiger charge is 2.24. The number of benzene rings is 1. The number of nitrogens with one attached hydrogen (secondary N) is 1. The molecule has 0 amide bonds. The fourth-order valence-corrected chi connectivity index (χ4v) is 4.67. The Balaban J connectivity index is 0.00000196. The van der Waals surface area contributed by atoms with Crippen LogP contribution in [0.25, 0.3) is 0 Å². The zero-order valence-corrected chi connectivity index (χ0v) is 18.6. The standard InChI is InChI=1S/C22H34N2O2.2ClH/c1-24(21-9-4-17(5-10-21)6-11-22(25)26)16-18-2-7-19(8-3-18)20-12-14-23-15-13-20;;/h2-3,7-8,17,20-21,23H,4-6,9-16H2,1H3,(H,25,26);2*1H.